The van der Waals surface area contributed by atoms with Crippen molar-refractivity contribution in [1.82, 2.24) is 4.31 Å². The highest BCUT2D eigenvalue weighted by atomic mass is 32.2. The molecular weight excluding hydrogens is 307 g/mol. The van der Waals surface area contributed by atoms with Crippen molar-refractivity contribution < 1.29 is 26.7 Å². The quantitative estimate of drug-likeness (QED) is 0.904. The number of rotatable bonds is 5. The van der Waals surface area contributed by atoms with Gasteiger partial charge in [-0.3, -0.25) is 0 Å². The highest BCUT2D eigenvalue weighted by Gasteiger charge is 2.35. The van der Waals surface area contributed by atoms with E-state index in [0.717, 1.165) is 29.4 Å². The first-order valence-electron chi connectivity index (χ1n) is 6.29. The van der Waals surface area contributed by atoms with Gasteiger partial charge in [-0.2, -0.15) is 13.2 Å². The first-order valence-corrected chi connectivity index (χ1v) is 7.73. The van der Waals surface area contributed by atoms with Crippen molar-refractivity contribution in [2.75, 3.05) is 13.6 Å². The Morgan fingerprint density at radius 2 is 1.90 bits per heavy atom. The molecule has 0 aliphatic rings. The standard InChI is InChI=1S/C13H18F3NO3S/c1-9(18)7-8-17(3)21(19,20)12-6-4-5-11(10(12)2)13(14,15)16/h4-6,9,18H,7-8H2,1-3H3. The van der Waals surface area contributed by atoms with Crippen LogP contribution in [0.4, 0.5) is 13.2 Å². The minimum Gasteiger partial charge on any atom is -0.393 e. The number of benzene rings is 1. The highest BCUT2D eigenvalue weighted by Crippen LogP contribution is 2.34. The molecule has 0 saturated carbocycles. The van der Waals surface area contributed by atoms with Gasteiger partial charge in [0.1, 0.15) is 0 Å². The van der Waals surface area contributed by atoms with E-state index in [1.807, 2.05) is 0 Å². The summed E-state index contributed by atoms with van der Waals surface area (Å²) in [7, 11) is -2.75. The summed E-state index contributed by atoms with van der Waals surface area (Å²) in [5.41, 5.74) is -1.29. The number of alkyl halides is 3. The smallest absolute Gasteiger partial charge is 0.393 e. The number of aliphatic hydroxyl groups excluding tert-OH is 1. The lowest BCUT2D eigenvalue weighted by molar-refractivity contribution is -0.138. The Morgan fingerprint density at radius 3 is 2.38 bits per heavy atom. The third-order valence-corrected chi connectivity index (χ3v) is 5.14. The molecule has 1 aromatic carbocycles. The molecule has 120 valence electrons. The van der Waals surface area contributed by atoms with E-state index >= 15 is 0 Å². The summed E-state index contributed by atoms with van der Waals surface area (Å²) in [5, 5.41) is 9.17. The van der Waals surface area contributed by atoms with Gasteiger partial charge >= 0.3 is 6.18 Å². The Bertz CT molecular complexity index is 597. The summed E-state index contributed by atoms with van der Waals surface area (Å²) in [4.78, 5) is -0.370. The van der Waals surface area contributed by atoms with Gasteiger partial charge in [0.15, 0.2) is 0 Å². The number of halogens is 3. The molecule has 0 aliphatic heterocycles. The number of sulfonamides is 1. The molecule has 0 heterocycles. The van der Waals surface area contributed by atoms with Crippen molar-refractivity contribution in [3.05, 3.63) is 29.3 Å². The third-order valence-electron chi connectivity index (χ3n) is 3.14. The molecule has 0 saturated heterocycles. The van der Waals surface area contributed by atoms with Gasteiger partial charge in [0, 0.05) is 13.6 Å². The van der Waals surface area contributed by atoms with Crippen LogP contribution in [0.15, 0.2) is 23.1 Å². The van der Waals surface area contributed by atoms with Gasteiger partial charge in [0.25, 0.3) is 0 Å². The summed E-state index contributed by atoms with van der Waals surface area (Å²) >= 11 is 0. The van der Waals surface area contributed by atoms with Crippen molar-refractivity contribution in [3.63, 3.8) is 0 Å². The molecule has 0 aromatic heterocycles. The zero-order valence-corrected chi connectivity index (χ0v) is 12.8. The Balaban J connectivity index is 3.21. The molecule has 0 amide bonds. The Hall–Kier alpha value is -1.12. The van der Waals surface area contributed by atoms with Crippen LogP contribution in [0.2, 0.25) is 0 Å². The van der Waals surface area contributed by atoms with Crippen LogP contribution in [-0.4, -0.2) is 37.5 Å². The fraction of sp³-hybridized carbons (Fsp3) is 0.538. The van der Waals surface area contributed by atoms with Crippen molar-refractivity contribution in [1.29, 1.82) is 0 Å². The highest BCUT2D eigenvalue weighted by molar-refractivity contribution is 7.89. The number of hydrogen-bond acceptors (Lipinski definition) is 3. The molecule has 4 nitrogen and oxygen atoms in total. The molecule has 0 spiro atoms. The summed E-state index contributed by atoms with van der Waals surface area (Å²) in [6.45, 7) is 2.67. The van der Waals surface area contributed by atoms with E-state index in [1.165, 1.54) is 14.0 Å². The fourth-order valence-corrected chi connectivity index (χ4v) is 3.29. The number of aliphatic hydroxyl groups is 1. The Kier molecular flexibility index (Phi) is 5.40. The van der Waals surface area contributed by atoms with Gasteiger partial charge in [-0.1, -0.05) is 6.07 Å². The number of nitrogens with zero attached hydrogens (tertiary/aromatic N) is 1. The van der Waals surface area contributed by atoms with Gasteiger partial charge < -0.3 is 5.11 Å². The van der Waals surface area contributed by atoms with E-state index in [-0.39, 0.29) is 23.4 Å². The second-order valence-electron chi connectivity index (χ2n) is 4.89. The first kappa shape index (κ1) is 17.9. The van der Waals surface area contributed by atoms with E-state index in [9.17, 15) is 26.7 Å². The Morgan fingerprint density at radius 1 is 1.33 bits per heavy atom. The molecule has 0 aliphatic carbocycles. The summed E-state index contributed by atoms with van der Waals surface area (Å²) in [6, 6.07) is 3.08. The molecule has 21 heavy (non-hydrogen) atoms. The largest absolute Gasteiger partial charge is 0.416 e. The zero-order chi connectivity index (χ0) is 16.4. The summed E-state index contributed by atoms with van der Waals surface area (Å²) < 4.78 is 64.1. The first-order chi connectivity index (χ1) is 9.48. The minimum absolute atomic E-state index is 0.0235. The van der Waals surface area contributed by atoms with Crippen LogP contribution in [0.5, 0.6) is 0 Å². The minimum atomic E-state index is -4.60. The van der Waals surface area contributed by atoms with Crippen molar-refractivity contribution in [3.8, 4) is 0 Å². The van der Waals surface area contributed by atoms with E-state index < -0.39 is 27.9 Å². The summed E-state index contributed by atoms with van der Waals surface area (Å²) in [6.07, 6.45) is -5.09. The van der Waals surface area contributed by atoms with Crippen LogP contribution in [0.25, 0.3) is 0 Å². The lowest BCUT2D eigenvalue weighted by Crippen LogP contribution is -2.30. The lowest BCUT2D eigenvalue weighted by Gasteiger charge is -2.20. The fourth-order valence-electron chi connectivity index (χ4n) is 1.86. The van der Waals surface area contributed by atoms with E-state index in [4.69, 9.17) is 0 Å². The molecule has 0 bridgehead atoms. The molecular formula is C13H18F3NO3S. The Labute approximate surface area is 122 Å². The van der Waals surface area contributed by atoms with E-state index in [2.05, 4.69) is 0 Å². The zero-order valence-electron chi connectivity index (χ0n) is 12.0. The van der Waals surface area contributed by atoms with Gasteiger partial charge in [0.05, 0.1) is 16.6 Å². The van der Waals surface area contributed by atoms with Crippen LogP contribution < -0.4 is 0 Å². The monoisotopic (exact) mass is 325 g/mol. The predicted molar refractivity (Wildman–Crippen MR) is 72.3 cm³/mol. The molecule has 8 heteroatoms. The molecule has 0 radical (unpaired) electrons. The van der Waals surface area contributed by atoms with E-state index in [1.54, 1.807) is 0 Å². The normalized spacial score (nSPS) is 14.5. The second-order valence-corrected chi connectivity index (χ2v) is 6.90. The van der Waals surface area contributed by atoms with Crippen LogP contribution in [-0.2, 0) is 16.2 Å². The molecule has 1 atom stereocenters. The van der Waals surface area contributed by atoms with Crippen LogP contribution in [0, 0.1) is 6.92 Å². The molecule has 1 unspecified atom stereocenters. The maximum atomic E-state index is 12.8. The molecule has 1 aromatic rings. The van der Waals surface area contributed by atoms with Crippen LogP contribution in [0.3, 0.4) is 0 Å². The lowest BCUT2D eigenvalue weighted by atomic mass is 10.1. The van der Waals surface area contributed by atoms with Gasteiger partial charge in [-0.05, 0) is 38.0 Å². The van der Waals surface area contributed by atoms with E-state index in [0.29, 0.717) is 0 Å². The van der Waals surface area contributed by atoms with Crippen molar-refractivity contribution in [2.24, 2.45) is 0 Å². The average Bonchev–Trinajstić information content (AvgIpc) is 2.34. The SMILES string of the molecule is Cc1c(C(F)(F)F)cccc1S(=O)(=O)N(C)CCC(C)O. The molecule has 0 fully saturated rings. The maximum absolute atomic E-state index is 12.8. The average molecular weight is 325 g/mol. The van der Waals surface area contributed by atoms with Gasteiger partial charge in [-0.15, -0.1) is 0 Å². The summed E-state index contributed by atoms with van der Waals surface area (Å²) in [5.74, 6) is 0. The van der Waals surface area contributed by atoms with Crippen molar-refractivity contribution in [2.45, 2.75) is 37.4 Å². The predicted octanol–water partition coefficient (Wildman–Crippen LogP) is 2.41. The third kappa shape index (κ3) is 4.18. The molecule has 1 N–H and O–H groups in total. The second kappa shape index (κ2) is 6.33. The number of hydrogen-bond donors (Lipinski definition) is 1. The van der Waals surface area contributed by atoms with Crippen LogP contribution in [0.1, 0.15) is 24.5 Å². The van der Waals surface area contributed by atoms with Crippen LogP contribution >= 0.6 is 0 Å². The van der Waals surface area contributed by atoms with Crippen molar-refractivity contribution >= 4 is 10.0 Å². The molecule has 1 rings (SSSR count). The topological polar surface area (TPSA) is 57.6 Å². The van der Waals surface area contributed by atoms with Gasteiger partial charge in [-0.25, -0.2) is 12.7 Å². The van der Waals surface area contributed by atoms with Gasteiger partial charge in [0.2, 0.25) is 10.0 Å². The maximum Gasteiger partial charge on any atom is 0.416 e.